The van der Waals surface area contributed by atoms with Crippen LogP contribution in [0.5, 0.6) is 5.75 Å². The summed E-state index contributed by atoms with van der Waals surface area (Å²) in [6.45, 7) is 2.95. The van der Waals surface area contributed by atoms with Gasteiger partial charge in [-0.2, -0.15) is 0 Å². The molecule has 0 aromatic heterocycles. The molecule has 0 unspecified atom stereocenters. The Morgan fingerprint density at radius 1 is 1.35 bits per heavy atom. The first kappa shape index (κ1) is 13.0. The predicted molar refractivity (Wildman–Crippen MR) is 72.2 cm³/mol. The van der Waals surface area contributed by atoms with Crippen molar-refractivity contribution >= 4 is 23.2 Å². The van der Waals surface area contributed by atoms with Gasteiger partial charge >= 0.3 is 0 Å². The maximum Gasteiger partial charge on any atom is 0.139 e. The van der Waals surface area contributed by atoms with Crippen molar-refractivity contribution in [2.24, 2.45) is 5.92 Å². The van der Waals surface area contributed by atoms with Crippen molar-refractivity contribution < 1.29 is 4.74 Å². The van der Waals surface area contributed by atoms with Crippen molar-refractivity contribution in [3.05, 3.63) is 28.2 Å². The third kappa shape index (κ3) is 4.06. The van der Waals surface area contributed by atoms with E-state index < -0.39 is 0 Å². The van der Waals surface area contributed by atoms with Crippen LogP contribution in [0.4, 0.5) is 0 Å². The van der Waals surface area contributed by atoms with Crippen LogP contribution in [0, 0.1) is 5.92 Å². The fraction of sp³-hybridized carbons (Fsp3) is 0.538. The summed E-state index contributed by atoms with van der Waals surface area (Å²) in [7, 11) is 0. The summed E-state index contributed by atoms with van der Waals surface area (Å²) in [4.78, 5) is 0. The molecule has 1 heterocycles. The molecule has 1 aliphatic heterocycles. The van der Waals surface area contributed by atoms with Crippen molar-refractivity contribution in [3.8, 4) is 5.75 Å². The second-order valence-corrected chi connectivity index (χ2v) is 5.27. The van der Waals surface area contributed by atoms with Gasteiger partial charge in [0.05, 0.1) is 11.6 Å². The van der Waals surface area contributed by atoms with Gasteiger partial charge < -0.3 is 10.1 Å². The number of benzene rings is 1. The van der Waals surface area contributed by atoms with Crippen molar-refractivity contribution in [1.82, 2.24) is 5.32 Å². The summed E-state index contributed by atoms with van der Waals surface area (Å²) in [5.41, 5.74) is 0. The van der Waals surface area contributed by atoms with Crippen LogP contribution in [0.15, 0.2) is 18.2 Å². The lowest BCUT2D eigenvalue weighted by Gasteiger charge is -2.22. The highest BCUT2D eigenvalue weighted by molar-refractivity contribution is 6.34. The molecular formula is C13H17Cl2NO. The fourth-order valence-corrected chi connectivity index (χ4v) is 2.43. The number of piperidine rings is 1. The SMILES string of the molecule is Clc1ccc(Cl)c(OCC[C@@H]2CCCNC2)c1. The molecule has 0 aliphatic carbocycles. The van der Waals surface area contributed by atoms with E-state index in [2.05, 4.69) is 5.32 Å². The number of halogens is 2. The normalized spacial score (nSPS) is 20.2. The monoisotopic (exact) mass is 273 g/mol. The van der Waals surface area contributed by atoms with Gasteiger partial charge in [0.15, 0.2) is 0 Å². The van der Waals surface area contributed by atoms with E-state index in [-0.39, 0.29) is 0 Å². The van der Waals surface area contributed by atoms with E-state index in [4.69, 9.17) is 27.9 Å². The third-order valence-corrected chi connectivity index (χ3v) is 3.62. The molecule has 1 saturated heterocycles. The Morgan fingerprint density at radius 3 is 3.00 bits per heavy atom. The molecule has 17 heavy (non-hydrogen) atoms. The van der Waals surface area contributed by atoms with E-state index in [1.807, 2.05) is 0 Å². The van der Waals surface area contributed by atoms with Crippen LogP contribution in [0.25, 0.3) is 0 Å². The third-order valence-electron chi connectivity index (χ3n) is 3.08. The van der Waals surface area contributed by atoms with E-state index >= 15 is 0 Å². The smallest absolute Gasteiger partial charge is 0.139 e. The van der Waals surface area contributed by atoms with Crippen molar-refractivity contribution in [2.45, 2.75) is 19.3 Å². The van der Waals surface area contributed by atoms with Crippen molar-refractivity contribution in [2.75, 3.05) is 19.7 Å². The first-order valence-corrected chi connectivity index (χ1v) is 6.80. The Bertz CT molecular complexity index is 364. The lowest BCUT2D eigenvalue weighted by atomic mass is 9.97. The molecule has 1 aromatic carbocycles. The van der Waals surface area contributed by atoms with Gasteiger partial charge in [-0.05, 0) is 50.4 Å². The van der Waals surface area contributed by atoms with Gasteiger partial charge in [0.25, 0.3) is 0 Å². The van der Waals surface area contributed by atoms with E-state index in [1.165, 1.54) is 12.8 Å². The largest absolute Gasteiger partial charge is 0.492 e. The van der Waals surface area contributed by atoms with Crippen LogP contribution >= 0.6 is 23.2 Å². The number of hydrogen-bond acceptors (Lipinski definition) is 2. The molecule has 2 nitrogen and oxygen atoms in total. The summed E-state index contributed by atoms with van der Waals surface area (Å²) in [6, 6.07) is 5.30. The Labute approximate surface area is 112 Å². The summed E-state index contributed by atoms with van der Waals surface area (Å²) in [6.07, 6.45) is 3.62. The zero-order chi connectivity index (χ0) is 12.1. The molecule has 1 fully saturated rings. The fourth-order valence-electron chi connectivity index (χ4n) is 2.09. The summed E-state index contributed by atoms with van der Waals surface area (Å²) >= 11 is 11.9. The van der Waals surface area contributed by atoms with E-state index in [0.717, 1.165) is 25.4 Å². The topological polar surface area (TPSA) is 21.3 Å². The number of nitrogens with one attached hydrogen (secondary N) is 1. The van der Waals surface area contributed by atoms with Crippen LogP contribution in [0.3, 0.4) is 0 Å². The maximum atomic E-state index is 6.02. The van der Waals surface area contributed by atoms with Crippen LogP contribution in [-0.4, -0.2) is 19.7 Å². The van der Waals surface area contributed by atoms with Crippen LogP contribution in [0.1, 0.15) is 19.3 Å². The van der Waals surface area contributed by atoms with E-state index in [1.54, 1.807) is 18.2 Å². The number of hydrogen-bond donors (Lipinski definition) is 1. The average molecular weight is 274 g/mol. The van der Waals surface area contributed by atoms with Crippen LogP contribution in [0.2, 0.25) is 10.0 Å². The molecule has 0 spiro atoms. The van der Waals surface area contributed by atoms with Gasteiger partial charge in [0, 0.05) is 11.1 Å². The van der Waals surface area contributed by atoms with Crippen molar-refractivity contribution in [1.29, 1.82) is 0 Å². The molecular weight excluding hydrogens is 257 g/mol. The molecule has 0 amide bonds. The predicted octanol–water partition coefficient (Wildman–Crippen LogP) is 3.76. The van der Waals surface area contributed by atoms with Gasteiger partial charge in [0.2, 0.25) is 0 Å². The molecule has 94 valence electrons. The van der Waals surface area contributed by atoms with Crippen LogP contribution in [-0.2, 0) is 0 Å². The van der Waals surface area contributed by atoms with Gasteiger partial charge in [-0.15, -0.1) is 0 Å². The van der Waals surface area contributed by atoms with E-state index in [9.17, 15) is 0 Å². The number of rotatable bonds is 4. The van der Waals surface area contributed by atoms with Crippen molar-refractivity contribution in [3.63, 3.8) is 0 Å². The molecule has 0 saturated carbocycles. The van der Waals surface area contributed by atoms with Gasteiger partial charge in [-0.3, -0.25) is 0 Å². The second kappa shape index (κ2) is 6.48. The molecule has 0 bridgehead atoms. The molecule has 1 aromatic rings. The standard InChI is InChI=1S/C13H17Cl2NO/c14-11-3-4-12(15)13(8-11)17-7-5-10-2-1-6-16-9-10/h3-4,8,10,16H,1-2,5-7,9H2/t10-/m0/s1. The average Bonchev–Trinajstić information content (AvgIpc) is 2.35. The minimum atomic E-state index is 0.621. The quantitative estimate of drug-likeness (QED) is 0.902. The summed E-state index contributed by atoms with van der Waals surface area (Å²) in [5.74, 6) is 1.41. The van der Waals surface area contributed by atoms with Gasteiger partial charge in [-0.1, -0.05) is 23.2 Å². The lowest BCUT2D eigenvalue weighted by Crippen LogP contribution is -2.30. The molecule has 0 radical (unpaired) electrons. The summed E-state index contributed by atoms with van der Waals surface area (Å²) < 4.78 is 5.68. The molecule has 4 heteroatoms. The Hall–Kier alpha value is -0.440. The second-order valence-electron chi connectivity index (χ2n) is 4.42. The van der Waals surface area contributed by atoms with Gasteiger partial charge in [-0.25, -0.2) is 0 Å². The molecule has 2 rings (SSSR count). The highest BCUT2D eigenvalue weighted by atomic mass is 35.5. The minimum absolute atomic E-state index is 0.621. The Morgan fingerprint density at radius 2 is 2.24 bits per heavy atom. The van der Waals surface area contributed by atoms with E-state index in [0.29, 0.717) is 22.4 Å². The Balaban J connectivity index is 1.79. The first-order valence-electron chi connectivity index (χ1n) is 6.04. The number of ether oxygens (including phenoxy) is 1. The zero-order valence-electron chi connectivity index (χ0n) is 9.72. The highest BCUT2D eigenvalue weighted by Crippen LogP contribution is 2.28. The minimum Gasteiger partial charge on any atom is -0.492 e. The molecule has 1 N–H and O–H groups in total. The highest BCUT2D eigenvalue weighted by Gasteiger charge is 2.13. The first-order chi connectivity index (χ1) is 8.25. The maximum absolute atomic E-state index is 6.02. The van der Waals surface area contributed by atoms with Gasteiger partial charge in [0.1, 0.15) is 5.75 Å². The summed E-state index contributed by atoms with van der Waals surface area (Å²) in [5, 5.41) is 4.68. The molecule has 1 atom stereocenters. The Kier molecular flexibility index (Phi) is 4.96. The zero-order valence-corrected chi connectivity index (χ0v) is 11.2. The molecule has 1 aliphatic rings. The lowest BCUT2D eigenvalue weighted by molar-refractivity contribution is 0.254. The van der Waals surface area contributed by atoms with Crippen LogP contribution < -0.4 is 10.1 Å².